The molecule has 0 saturated heterocycles. The van der Waals surface area contributed by atoms with Crippen LogP contribution in [0.1, 0.15) is 44.6 Å². The van der Waals surface area contributed by atoms with Crippen LogP contribution in [0.3, 0.4) is 0 Å². The van der Waals surface area contributed by atoms with Gasteiger partial charge in [0.05, 0.1) is 13.7 Å². The Hall–Kier alpha value is -2.28. The molecule has 0 radical (unpaired) electrons. The fraction of sp³-hybridized carbons (Fsp3) is 0.636. The van der Waals surface area contributed by atoms with Crippen LogP contribution in [-0.2, 0) is 16.1 Å². The van der Waals surface area contributed by atoms with Crippen LogP contribution < -0.4 is 20.7 Å². The molecule has 0 heterocycles. The minimum atomic E-state index is -0.0734. The van der Waals surface area contributed by atoms with Crippen LogP contribution in [0.5, 0.6) is 5.75 Å². The van der Waals surface area contributed by atoms with Crippen molar-refractivity contribution in [1.82, 2.24) is 16.0 Å². The van der Waals surface area contributed by atoms with Crippen molar-refractivity contribution < 1.29 is 14.3 Å². The molecule has 7 nitrogen and oxygen atoms in total. The maximum Gasteiger partial charge on any atom is 0.239 e. The van der Waals surface area contributed by atoms with Gasteiger partial charge < -0.3 is 25.4 Å². The molecule has 162 valence electrons. The van der Waals surface area contributed by atoms with Crippen LogP contribution >= 0.6 is 0 Å². The predicted molar refractivity (Wildman–Crippen MR) is 116 cm³/mol. The molecule has 3 N–H and O–H groups in total. The molecule has 1 saturated carbocycles. The lowest BCUT2D eigenvalue weighted by molar-refractivity contribution is -0.120. The molecule has 0 spiro atoms. The minimum Gasteiger partial charge on any atom is -0.497 e. The summed E-state index contributed by atoms with van der Waals surface area (Å²) in [6.07, 6.45) is 6.03. The maximum atomic E-state index is 12.2. The van der Waals surface area contributed by atoms with E-state index < -0.39 is 0 Å². The van der Waals surface area contributed by atoms with E-state index in [4.69, 9.17) is 9.47 Å². The number of guanidine groups is 1. The lowest BCUT2D eigenvalue weighted by Crippen LogP contribution is -2.46. The molecule has 1 aliphatic carbocycles. The summed E-state index contributed by atoms with van der Waals surface area (Å²) in [7, 11) is 3.36. The third-order valence-corrected chi connectivity index (χ3v) is 5.56. The van der Waals surface area contributed by atoms with Gasteiger partial charge in [0, 0.05) is 33.4 Å². The molecule has 0 unspecified atom stereocenters. The highest BCUT2D eigenvalue weighted by Gasteiger charge is 2.33. The summed E-state index contributed by atoms with van der Waals surface area (Å²) >= 11 is 0. The maximum absolute atomic E-state index is 12.2. The molecule has 1 amide bonds. The van der Waals surface area contributed by atoms with Gasteiger partial charge >= 0.3 is 0 Å². The Morgan fingerprint density at radius 3 is 2.48 bits per heavy atom. The van der Waals surface area contributed by atoms with E-state index in [1.54, 1.807) is 14.2 Å². The topological polar surface area (TPSA) is 84.0 Å². The predicted octanol–water partition coefficient (Wildman–Crippen LogP) is 2.46. The summed E-state index contributed by atoms with van der Waals surface area (Å²) in [6.45, 7) is 5.12. The quantitative estimate of drug-likeness (QED) is 0.300. The van der Waals surface area contributed by atoms with Crippen LogP contribution in [0.15, 0.2) is 29.3 Å². The van der Waals surface area contributed by atoms with Gasteiger partial charge in [-0.25, -0.2) is 0 Å². The van der Waals surface area contributed by atoms with Gasteiger partial charge in [-0.1, -0.05) is 25.0 Å². The fourth-order valence-corrected chi connectivity index (χ4v) is 3.74. The number of hydrogen-bond acceptors (Lipinski definition) is 4. The molecule has 1 aromatic carbocycles. The zero-order chi connectivity index (χ0) is 21.0. The molecule has 1 aromatic rings. The summed E-state index contributed by atoms with van der Waals surface area (Å²) in [5, 5.41) is 9.43. The van der Waals surface area contributed by atoms with Crippen LogP contribution in [0.2, 0.25) is 0 Å². The van der Waals surface area contributed by atoms with E-state index in [-0.39, 0.29) is 17.9 Å². The van der Waals surface area contributed by atoms with Gasteiger partial charge in [0.25, 0.3) is 0 Å². The van der Waals surface area contributed by atoms with Crippen molar-refractivity contribution in [3.8, 4) is 5.75 Å². The lowest BCUT2D eigenvalue weighted by Gasteiger charge is -2.30. The van der Waals surface area contributed by atoms with Gasteiger partial charge in [0.2, 0.25) is 5.91 Å². The van der Waals surface area contributed by atoms with Gasteiger partial charge in [0.1, 0.15) is 5.75 Å². The largest absolute Gasteiger partial charge is 0.497 e. The van der Waals surface area contributed by atoms with Crippen LogP contribution in [0, 0.1) is 5.41 Å². The Morgan fingerprint density at radius 2 is 1.86 bits per heavy atom. The highest BCUT2D eigenvalue weighted by molar-refractivity contribution is 5.86. The molecular formula is C22H36N4O3. The number of ether oxygens (including phenoxy) is 2. The number of hydrogen-bond donors (Lipinski definition) is 3. The highest BCUT2D eigenvalue weighted by Crippen LogP contribution is 2.40. The van der Waals surface area contributed by atoms with Crippen molar-refractivity contribution in [1.29, 1.82) is 0 Å². The number of methoxy groups -OCH3 is 1. The van der Waals surface area contributed by atoms with Crippen molar-refractivity contribution in [2.75, 3.05) is 40.5 Å². The summed E-state index contributed by atoms with van der Waals surface area (Å²) in [6, 6.07) is 7.65. The second-order valence-corrected chi connectivity index (χ2v) is 7.56. The van der Waals surface area contributed by atoms with Crippen molar-refractivity contribution in [3.05, 3.63) is 29.8 Å². The van der Waals surface area contributed by atoms with E-state index in [0.29, 0.717) is 12.5 Å². The third-order valence-electron chi connectivity index (χ3n) is 5.56. The third kappa shape index (κ3) is 7.93. The van der Waals surface area contributed by atoms with Gasteiger partial charge in [-0.15, -0.1) is 0 Å². The summed E-state index contributed by atoms with van der Waals surface area (Å²) < 4.78 is 10.7. The average molecular weight is 405 g/mol. The number of aliphatic imine (C=N–C) groups is 1. The monoisotopic (exact) mass is 404 g/mol. The molecule has 7 heteroatoms. The normalized spacial score (nSPS) is 15.8. The zero-order valence-corrected chi connectivity index (χ0v) is 18.1. The standard InChI is InChI=1S/C22H36N4O3/c1-4-29-14-13-22(11-5-6-12-22)17-26-21(23-2)25-16-20(27)24-15-18-7-9-19(28-3)10-8-18/h7-10H,4-6,11-17H2,1-3H3,(H,24,27)(H2,23,25,26). The van der Waals surface area contributed by atoms with Gasteiger partial charge in [-0.05, 0) is 49.3 Å². The second-order valence-electron chi connectivity index (χ2n) is 7.56. The second kappa shape index (κ2) is 12.3. The zero-order valence-electron chi connectivity index (χ0n) is 18.1. The summed E-state index contributed by atoms with van der Waals surface area (Å²) in [5.41, 5.74) is 1.29. The van der Waals surface area contributed by atoms with Crippen molar-refractivity contribution in [2.45, 2.75) is 45.6 Å². The van der Waals surface area contributed by atoms with E-state index in [1.807, 2.05) is 31.2 Å². The number of nitrogens with one attached hydrogen (secondary N) is 3. The molecule has 0 aromatic heterocycles. The first kappa shape index (κ1) is 23.0. The molecule has 0 aliphatic heterocycles. The molecule has 1 aliphatic rings. The van der Waals surface area contributed by atoms with Crippen LogP contribution in [-0.4, -0.2) is 52.3 Å². The Labute approximate surface area is 174 Å². The van der Waals surface area contributed by atoms with Gasteiger partial charge in [-0.2, -0.15) is 0 Å². The minimum absolute atomic E-state index is 0.0734. The van der Waals surface area contributed by atoms with Crippen molar-refractivity contribution in [2.24, 2.45) is 10.4 Å². The first-order chi connectivity index (χ1) is 14.1. The van der Waals surface area contributed by atoms with Crippen LogP contribution in [0.25, 0.3) is 0 Å². The summed E-state index contributed by atoms with van der Waals surface area (Å²) in [5.74, 6) is 1.39. The van der Waals surface area contributed by atoms with E-state index in [9.17, 15) is 4.79 Å². The number of carbonyl (C=O) groups is 1. The van der Waals surface area contributed by atoms with Crippen molar-refractivity contribution >= 4 is 11.9 Å². The van der Waals surface area contributed by atoms with E-state index in [1.165, 1.54) is 25.7 Å². The Kier molecular flexibility index (Phi) is 9.77. The van der Waals surface area contributed by atoms with E-state index >= 15 is 0 Å². The molecular weight excluding hydrogens is 368 g/mol. The molecule has 29 heavy (non-hydrogen) atoms. The lowest BCUT2D eigenvalue weighted by atomic mass is 9.83. The number of nitrogens with zero attached hydrogens (tertiary/aromatic N) is 1. The van der Waals surface area contributed by atoms with E-state index in [2.05, 4.69) is 20.9 Å². The molecule has 2 rings (SSSR count). The number of carbonyl (C=O) groups excluding carboxylic acids is 1. The Balaban J connectivity index is 1.72. The Bertz CT molecular complexity index is 640. The van der Waals surface area contributed by atoms with Crippen LogP contribution in [0.4, 0.5) is 0 Å². The van der Waals surface area contributed by atoms with Gasteiger partial charge in [-0.3, -0.25) is 9.79 Å². The Morgan fingerprint density at radius 1 is 1.14 bits per heavy atom. The summed E-state index contributed by atoms with van der Waals surface area (Å²) in [4.78, 5) is 16.4. The number of benzene rings is 1. The fourth-order valence-electron chi connectivity index (χ4n) is 3.74. The average Bonchev–Trinajstić information content (AvgIpc) is 3.22. The first-order valence-corrected chi connectivity index (χ1v) is 10.5. The molecule has 0 bridgehead atoms. The van der Waals surface area contributed by atoms with E-state index in [0.717, 1.165) is 37.5 Å². The number of amides is 1. The van der Waals surface area contributed by atoms with Crippen molar-refractivity contribution in [3.63, 3.8) is 0 Å². The smallest absolute Gasteiger partial charge is 0.239 e. The first-order valence-electron chi connectivity index (χ1n) is 10.5. The molecule has 1 fully saturated rings. The number of rotatable bonds is 11. The molecule has 0 atom stereocenters. The SMILES string of the molecule is CCOCCC1(CNC(=NC)NCC(=O)NCc2ccc(OC)cc2)CCCC1. The highest BCUT2D eigenvalue weighted by atomic mass is 16.5. The van der Waals surface area contributed by atoms with Gasteiger partial charge in [0.15, 0.2) is 5.96 Å².